The summed E-state index contributed by atoms with van der Waals surface area (Å²) in [6, 6.07) is 0. The summed E-state index contributed by atoms with van der Waals surface area (Å²) < 4.78 is 53.8. The molecular formula is C5H10F4O2P2. The van der Waals surface area contributed by atoms with Gasteiger partial charge in [-0.25, -0.2) is 0 Å². The van der Waals surface area contributed by atoms with Crippen molar-refractivity contribution in [1.29, 1.82) is 0 Å². The quantitative estimate of drug-likeness (QED) is 0.352. The van der Waals surface area contributed by atoms with Crippen LogP contribution in [0.4, 0.5) is 16.8 Å². The molecule has 0 aliphatic carbocycles. The Morgan fingerprint density at radius 2 is 1.08 bits per heavy atom. The third-order valence-electron chi connectivity index (χ3n) is 1.17. The van der Waals surface area contributed by atoms with Crippen LogP contribution < -0.4 is 0 Å². The second-order valence-corrected chi connectivity index (χ2v) is 3.45. The van der Waals surface area contributed by atoms with E-state index in [0.29, 0.717) is 19.3 Å². The second-order valence-electron chi connectivity index (χ2n) is 2.13. The van der Waals surface area contributed by atoms with Gasteiger partial charge in [-0.2, -0.15) is 16.8 Å². The van der Waals surface area contributed by atoms with Crippen LogP contribution in [0.5, 0.6) is 0 Å². The highest BCUT2D eigenvalue weighted by Gasteiger charge is 2.04. The lowest BCUT2D eigenvalue weighted by molar-refractivity contribution is 0.274. The monoisotopic (exact) mass is 240 g/mol. The molecule has 0 aromatic carbocycles. The van der Waals surface area contributed by atoms with Gasteiger partial charge in [0.2, 0.25) is 0 Å². The molecule has 0 saturated carbocycles. The summed E-state index contributed by atoms with van der Waals surface area (Å²) in [4.78, 5) is 0. The molecule has 0 fully saturated rings. The zero-order valence-electron chi connectivity index (χ0n) is 6.76. The molecule has 0 amide bonds. The summed E-state index contributed by atoms with van der Waals surface area (Å²) in [5, 5.41) is 0. The van der Waals surface area contributed by atoms with Gasteiger partial charge in [0.05, 0.1) is 13.2 Å². The van der Waals surface area contributed by atoms with E-state index in [2.05, 4.69) is 9.05 Å². The first-order chi connectivity index (χ1) is 6.13. The van der Waals surface area contributed by atoms with Gasteiger partial charge in [-0.15, -0.1) is 0 Å². The molecular weight excluding hydrogens is 230 g/mol. The van der Waals surface area contributed by atoms with Crippen LogP contribution >= 0.6 is 17.5 Å². The van der Waals surface area contributed by atoms with Crippen LogP contribution in [0.2, 0.25) is 0 Å². The molecule has 0 aromatic rings. The molecule has 0 aliphatic heterocycles. The minimum atomic E-state index is -3.28. The van der Waals surface area contributed by atoms with E-state index in [1.54, 1.807) is 0 Å². The van der Waals surface area contributed by atoms with Crippen molar-refractivity contribution in [2.24, 2.45) is 0 Å². The molecule has 0 bridgehead atoms. The van der Waals surface area contributed by atoms with Gasteiger partial charge in [-0.05, 0) is 19.3 Å². The van der Waals surface area contributed by atoms with E-state index >= 15 is 0 Å². The molecule has 2 nitrogen and oxygen atoms in total. The zero-order chi connectivity index (χ0) is 10.1. The summed E-state index contributed by atoms with van der Waals surface area (Å²) in [7, 11) is -6.57. The van der Waals surface area contributed by atoms with Crippen molar-refractivity contribution in [3.05, 3.63) is 0 Å². The number of unbranched alkanes of at least 4 members (excludes halogenated alkanes) is 2. The fraction of sp³-hybridized carbons (Fsp3) is 1.00. The fourth-order valence-corrected chi connectivity index (χ4v) is 1.18. The van der Waals surface area contributed by atoms with Crippen LogP contribution in [-0.4, -0.2) is 13.2 Å². The van der Waals surface area contributed by atoms with Gasteiger partial charge in [0.15, 0.2) is 0 Å². The second kappa shape index (κ2) is 9.07. The van der Waals surface area contributed by atoms with Crippen molar-refractivity contribution in [2.75, 3.05) is 13.2 Å². The van der Waals surface area contributed by atoms with Crippen molar-refractivity contribution in [3.8, 4) is 0 Å². The highest BCUT2D eigenvalue weighted by atomic mass is 31.2. The first-order valence-electron chi connectivity index (χ1n) is 3.62. The highest BCUT2D eigenvalue weighted by molar-refractivity contribution is 7.40. The van der Waals surface area contributed by atoms with Crippen molar-refractivity contribution in [3.63, 3.8) is 0 Å². The minimum absolute atomic E-state index is 0.0152. The normalized spacial score (nSPS) is 11.5. The van der Waals surface area contributed by atoms with Gasteiger partial charge in [0, 0.05) is 0 Å². The lowest BCUT2D eigenvalue weighted by Crippen LogP contribution is -1.90. The van der Waals surface area contributed by atoms with E-state index in [0.717, 1.165) is 0 Å². The van der Waals surface area contributed by atoms with Crippen LogP contribution in [-0.2, 0) is 9.05 Å². The summed E-state index contributed by atoms with van der Waals surface area (Å²) in [6.45, 7) is -0.0303. The van der Waals surface area contributed by atoms with Gasteiger partial charge >= 0.3 is 17.5 Å². The largest absolute Gasteiger partial charge is 0.415 e. The average molecular weight is 240 g/mol. The van der Waals surface area contributed by atoms with Crippen molar-refractivity contribution < 1.29 is 25.8 Å². The zero-order valence-corrected chi connectivity index (χ0v) is 8.55. The first kappa shape index (κ1) is 13.5. The van der Waals surface area contributed by atoms with Gasteiger partial charge < -0.3 is 9.05 Å². The highest BCUT2D eigenvalue weighted by Crippen LogP contribution is 2.40. The van der Waals surface area contributed by atoms with Gasteiger partial charge in [0.1, 0.15) is 0 Å². The lowest BCUT2D eigenvalue weighted by Gasteiger charge is -2.01. The average Bonchev–Trinajstić information content (AvgIpc) is 2.01. The number of rotatable bonds is 8. The van der Waals surface area contributed by atoms with Crippen molar-refractivity contribution >= 4 is 17.5 Å². The van der Waals surface area contributed by atoms with Crippen LogP contribution in [0.15, 0.2) is 0 Å². The number of hydrogen-bond donors (Lipinski definition) is 0. The third kappa shape index (κ3) is 12.5. The molecule has 80 valence electrons. The summed E-state index contributed by atoms with van der Waals surface area (Å²) in [5.41, 5.74) is 0. The molecule has 0 aliphatic rings. The van der Waals surface area contributed by atoms with E-state index in [9.17, 15) is 16.8 Å². The van der Waals surface area contributed by atoms with E-state index in [-0.39, 0.29) is 13.2 Å². The molecule has 0 rings (SSSR count). The predicted molar refractivity (Wildman–Crippen MR) is 44.0 cm³/mol. The molecule has 0 heterocycles. The molecule has 0 atom stereocenters. The van der Waals surface area contributed by atoms with E-state index < -0.39 is 17.5 Å². The predicted octanol–water partition coefficient (Wildman–Crippen LogP) is 4.52. The first-order valence-corrected chi connectivity index (χ1v) is 5.70. The van der Waals surface area contributed by atoms with Crippen LogP contribution in [0.25, 0.3) is 0 Å². The Balaban J connectivity index is 2.92. The van der Waals surface area contributed by atoms with Crippen LogP contribution in [0, 0.1) is 0 Å². The molecule has 0 saturated heterocycles. The Kier molecular flexibility index (Phi) is 9.42. The Labute approximate surface area is 76.8 Å². The summed E-state index contributed by atoms with van der Waals surface area (Å²) >= 11 is 0. The smallest absolute Gasteiger partial charge is 0.306 e. The lowest BCUT2D eigenvalue weighted by atomic mass is 10.2. The summed E-state index contributed by atoms with van der Waals surface area (Å²) in [6.07, 6.45) is 1.46. The van der Waals surface area contributed by atoms with Crippen molar-refractivity contribution in [1.82, 2.24) is 0 Å². The Hall–Kier alpha value is 0.500. The topological polar surface area (TPSA) is 18.5 Å². The maximum absolute atomic E-state index is 11.4. The van der Waals surface area contributed by atoms with Crippen LogP contribution in [0.3, 0.4) is 0 Å². The molecule has 0 unspecified atom stereocenters. The SMILES string of the molecule is FP(F)OCCCCCOP(F)F. The Bertz CT molecular complexity index is 105. The van der Waals surface area contributed by atoms with Gasteiger partial charge in [-0.1, -0.05) is 0 Å². The fourth-order valence-electron chi connectivity index (χ4n) is 0.648. The van der Waals surface area contributed by atoms with E-state index in [4.69, 9.17) is 0 Å². The minimum Gasteiger partial charge on any atom is -0.306 e. The molecule has 8 heteroatoms. The summed E-state index contributed by atoms with van der Waals surface area (Å²) in [5.74, 6) is 0. The molecule has 0 radical (unpaired) electrons. The van der Waals surface area contributed by atoms with Gasteiger partial charge in [-0.3, -0.25) is 0 Å². The molecule has 13 heavy (non-hydrogen) atoms. The third-order valence-corrected chi connectivity index (χ3v) is 1.92. The standard InChI is InChI=1S/C5H10F4O2P2/c6-12(7)10-4-2-1-3-5-11-13(8)9/h1-5H2. The molecule has 0 N–H and O–H groups in total. The van der Waals surface area contributed by atoms with Crippen LogP contribution in [0.1, 0.15) is 19.3 Å². The Morgan fingerprint density at radius 1 is 0.692 bits per heavy atom. The van der Waals surface area contributed by atoms with Gasteiger partial charge in [0.25, 0.3) is 0 Å². The maximum atomic E-state index is 11.4. The van der Waals surface area contributed by atoms with E-state index in [1.165, 1.54) is 0 Å². The Morgan fingerprint density at radius 3 is 1.38 bits per heavy atom. The molecule has 0 aromatic heterocycles. The maximum Gasteiger partial charge on any atom is 0.415 e. The van der Waals surface area contributed by atoms with Crippen molar-refractivity contribution in [2.45, 2.75) is 19.3 Å². The number of halogens is 4. The van der Waals surface area contributed by atoms with E-state index in [1.807, 2.05) is 0 Å². The molecule has 0 spiro atoms. The number of hydrogen-bond acceptors (Lipinski definition) is 2.